The van der Waals surface area contributed by atoms with E-state index >= 15 is 0 Å². The molecule has 0 saturated carbocycles. The maximum Gasteiger partial charge on any atom is 0.328 e. The molecular weight excluding hydrogens is 318 g/mol. The summed E-state index contributed by atoms with van der Waals surface area (Å²) in [6.45, 7) is 3.85. The number of para-hydroxylation sites is 1. The highest BCUT2D eigenvalue weighted by Crippen LogP contribution is 2.26. The molecule has 6 heteroatoms. The first-order valence-electron chi connectivity index (χ1n) is 8.21. The van der Waals surface area contributed by atoms with Gasteiger partial charge in [-0.2, -0.15) is 0 Å². The third-order valence-corrected chi connectivity index (χ3v) is 4.10. The lowest BCUT2D eigenvalue weighted by molar-refractivity contribution is -0.144. The Balaban J connectivity index is 2.17. The van der Waals surface area contributed by atoms with E-state index in [2.05, 4.69) is 15.6 Å². The lowest BCUT2D eigenvalue weighted by Gasteiger charge is -2.22. The molecule has 0 aliphatic carbocycles. The number of hydrogen-bond acceptors (Lipinski definition) is 4. The van der Waals surface area contributed by atoms with E-state index in [0.717, 1.165) is 17.5 Å². The Morgan fingerprint density at radius 2 is 1.96 bits per heavy atom. The average Bonchev–Trinajstić information content (AvgIpc) is 2.66. The smallest absolute Gasteiger partial charge is 0.328 e. The van der Waals surface area contributed by atoms with Crippen molar-refractivity contribution in [1.82, 2.24) is 10.3 Å². The van der Waals surface area contributed by atoms with Crippen LogP contribution in [0.1, 0.15) is 20.3 Å². The van der Waals surface area contributed by atoms with Crippen molar-refractivity contribution in [3.8, 4) is 11.1 Å². The van der Waals surface area contributed by atoms with Gasteiger partial charge in [0, 0.05) is 23.5 Å². The van der Waals surface area contributed by atoms with Crippen LogP contribution in [0.25, 0.3) is 11.1 Å². The molecule has 0 aliphatic heterocycles. The molecule has 0 saturated heterocycles. The highest BCUT2D eigenvalue weighted by atomic mass is 16.5. The predicted octanol–water partition coefficient (Wildman–Crippen LogP) is 3.46. The number of carbonyl (C=O) groups is 2. The maximum atomic E-state index is 12.4. The molecule has 0 radical (unpaired) electrons. The number of benzene rings is 1. The van der Waals surface area contributed by atoms with Crippen molar-refractivity contribution in [1.29, 1.82) is 0 Å². The Bertz CT molecular complexity index is 719. The topological polar surface area (TPSA) is 80.3 Å². The molecule has 132 valence electrons. The molecule has 6 nitrogen and oxygen atoms in total. The first-order valence-corrected chi connectivity index (χ1v) is 8.21. The zero-order valence-electron chi connectivity index (χ0n) is 14.7. The number of nitrogens with one attached hydrogen (secondary N) is 2. The van der Waals surface area contributed by atoms with Gasteiger partial charge in [0.2, 0.25) is 0 Å². The zero-order valence-corrected chi connectivity index (χ0v) is 14.7. The van der Waals surface area contributed by atoms with Gasteiger partial charge in [-0.25, -0.2) is 9.59 Å². The van der Waals surface area contributed by atoms with E-state index in [1.165, 1.54) is 7.11 Å². The number of anilines is 1. The Labute approximate surface area is 147 Å². The number of aromatic nitrogens is 1. The van der Waals surface area contributed by atoms with Gasteiger partial charge in [-0.05, 0) is 18.1 Å². The molecule has 2 amide bonds. The van der Waals surface area contributed by atoms with Crippen molar-refractivity contribution in [2.75, 3.05) is 12.4 Å². The van der Waals surface area contributed by atoms with Gasteiger partial charge in [-0.1, -0.05) is 44.5 Å². The lowest BCUT2D eigenvalue weighted by atomic mass is 9.99. The van der Waals surface area contributed by atoms with Crippen molar-refractivity contribution in [3.05, 3.63) is 48.8 Å². The summed E-state index contributed by atoms with van der Waals surface area (Å²) in [5.41, 5.74) is 2.38. The van der Waals surface area contributed by atoms with Gasteiger partial charge in [0.15, 0.2) is 0 Å². The molecular formula is C19H23N3O3. The Hall–Kier alpha value is -2.89. The fourth-order valence-corrected chi connectivity index (χ4v) is 2.46. The number of nitrogens with zero attached hydrogens (tertiary/aromatic N) is 1. The number of carbonyl (C=O) groups excluding carboxylic acids is 2. The summed E-state index contributed by atoms with van der Waals surface area (Å²) < 4.78 is 4.79. The molecule has 2 aromatic rings. The fraction of sp³-hybridized carbons (Fsp3) is 0.316. The SMILES string of the molecule is CC[C@H](C)C(NC(=O)Nc1ccccc1-c1cccnc1)C(=O)OC. The standard InChI is InChI=1S/C19H23N3O3/c1-4-13(2)17(18(23)25-3)22-19(24)21-16-10-6-5-9-15(16)14-8-7-11-20-12-14/h5-13,17H,4H2,1-3H3,(H2,21,22,24)/t13-,17?/m0/s1. The van der Waals surface area contributed by atoms with E-state index in [1.54, 1.807) is 18.5 Å². The number of ether oxygens (including phenoxy) is 1. The zero-order chi connectivity index (χ0) is 18.2. The monoisotopic (exact) mass is 341 g/mol. The van der Waals surface area contributed by atoms with E-state index in [0.29, 0.717) is 5.69 Å². The summed E-state index contributed by atoms with van der Waals surface area (Å²) in [5.74, 6) is -0.489. The number of urea groups is 1. The van der Waals surface area contributed by atoms with Crippen LogP contribution in [-0.2, 0) is 9.53 Å². The molecule has 1 aromatic carbocycles. The molecule has 2 N–H and O–H groups in total. The summed E-state index contributed by atoms with van der Waals surface area (Å²) in [6, 6.07) is 10.0. The normalized spacial score (nSPS) is 12.8. The summed E-state index contributed by atoms with van der Waals surface area (Å²) in [4.78, 5) is 28.4. The minimum Gasteiger partial charge on any atom is -0.467 e. The van der Waals surface area contributed by atoms with Crippen molar-refractivity contribution < 1.29 is 14.3 Å². The summed E-state index contributed by atoms with van der Waals surface area (Å²) in [5, 5.41) is 5.52. The van der Waals surface area contributed by atoms with Crippen LogP contribution in [0.3, 0.4) is 0 Å². The number of pyridine rings is 1. The van der Waals surface area contributed by atoms with Crippen LogP contribution in [0.15, 0.2) is 48.8 Å². The van der Waals surface area contributed by atoms with E-state index in [1.807, 2.05) is 44.2 Å². The van der Waals surface area contributed by atoms with Gasteiger partial charge in [0.25, 0.3) is 0 Å². The average molecular weight is 341 g/mol. The van der Waals surface area contributed by atoms with Crippen LogP contribution in [0.4, 0.5) is 10.5 Å². The molecule has 1 aromatic heterocycles. The highest BCUT2D eigenvalue weighted by molar-refractivity contribution is 5.96. The van der Waals surface area contributed by atoms with Gasteiger partial charge in [-0.3, -0.25) is 4.98 Å². The van der Waals surface area contributed by atoms with Crippen LogP contribution in [0.2, 0.25) is 0 Å². The lowest BCUT2D eigenvalue weighted by Crippen LogP contribution is -2.47. The van der Waals surface area contributed by atoms with Crippen LogP contribution in [0.5, 0.6) is 0 Å². The van der Waals surface area contributed by atoms with Gasteiger partial charge >= 0.3 is 12.0 Å². The summed E-state index contributed by atoms with van der Waals surface area (Å²) >= 11 is 0. The van der Waals surface area contributed by atoms with Crippen molar-refractivity contribution in [3.63, 3.8) is 0 Å². The van der Waals surface area contributed by atoms with Gasteiger partial charge in [-0.15, -0.1) is 0 Å². The molecule has 0 spiro atoms. The van der Waals surface area contributed by atoms with Crippen molar-refractivity contribution >= 4 is 17.7 Å². The molecule has 2 rings (SSSR count). The first kappa shape index (κ1) is 18.4. The van der Waals surface area contributed by atoms with E-state index < -0.39 is 18.0 Å². The third kappa shape index (κ3) is 4.79. The number of rotatable bonds is 6. The van der Waals surface area contributed by atoms with Crippen molar-refractivity contribution in [2.24, 2.45) is 5.92 Å². The van der Waals surface area contributed by atoms with Crippen molar-refractivity contribution in [2.45, 2.75) is 26.3 Å². The summed E-state index contributed by atoms with van der Waals surface area (Å²) in [6.07, 6.45) is 4.17. The Morgan fingerprint density at radius 3 is 2.60 bits per heavy atom. The predicted molar refractivity (Wildman–Crippen MR) is 97.1 cm³/mol. The molecule has 2 atom stereocenters. The largest absolute Gasteiger partial charge is 0.467 e. The third-order valence-electron chi connectivity index (χ3n) is 4.10. The second-order valence-corrected chi connectivity index (χ2v) is 5.77. The van der Waals surface area contributed by atoms with E-state index in [4.69, 9.17) is 4.74 Å². The number of amides is 2. The first-order chi connectivity index (χ1) is 12.1. The summed E-state index contributed by atoms with van der Waals surface area (Å²) in [7, 11) is 1.31. The number of hydrogen-bond donors (Lipinski definition) is 2. The Morgan fingerprint density at radius 1 is 1.20 bits per heavy atom. The fourth-order valence-electron chi connectivity index (χ4n) is 2.46. The molecule has 1 unspecified atom stereocenters. The van der Waals surface area contributed by atoms with Gasteiger partial charge in [0.1, 0.15) is 6.04 Å². The number of esters is 1. The maximum absolute atomic E-state index is 12.4. The van der Waals surface area contributed by atoms with E-state index in [-0.39, 0.29) is 5.92 Å². The molecule has 0 aliphatic rings. The minimum atomic E-state index is -0.694. The Kier molecular flexibility index (Phi) is 6.51. The van der Waals surface area contributed by atoms with Crippen LogP contribution < -0.4 is 10.6 Å². The molecule has 0 fully saturated rings. The molecule has 1 heterocycles. The van der Waals surface area contributed by atoms with Crippen LogP contribution >= 0.6 is 0 Å². The highest BCUT2D eigenvalue weighted by Gasteiger charge is 2.26. The van der Waals surface area contributed by atoms with Gasteiger partial charge in [0.05, 0.1) is 12.8 Å². The van der Waals surface area contributed by atoms with Crippen LogP contribution in [0, 0.1) is 5.92 Å². The molecule has 25 heavy (non-hydrogen) atoms. The van der Waals surface area contributed by atoms with Crippen LogP contribution in [-0.4, -0.2) is 30.1 Å². The minimum absolute atomic E-state index is 0.0354. The number of methoxy groups -OCH3 is 1. The van der Waals surface area contributed by atoms with Gasteiger partial charge < -0.3 is 15.4 Å². The second kappa shape index (κ2) is 8.82. The second-order valence-electron chi connectivity index (χ2n) is 5.77. The molecule has 0 bridgehead atoms. The van der Waals surface area contributed by atoms with E-state index in [9.17, 15) is 9.59 Å². The quantitative estimate of drug-likeness (QED) is 0.789.